The van der Waals surface area contributed by atoms with E-state index in [2.05, 4.69) is 49.6 Å². The van der Waals surface area contributed by atoms with Crippen LogP contribution >= 0.6 is 15.9 Å². The molecular weight excluding hydrogens is 428 g/mol. The quantitative estimate of drug-likeness (QED) is 0.436. The van der Waals surface area contributed by atoms with Gasteiger partial charge in [-0.15, -0.1) is 0 Å². The third kappa shape index (κ3) is 3.31. The fourth-order valence-corrected chi connectivity index (χ4v) is 5.03. The molecule has 0 unspecified atom stereocenters. The standard InChI is InChI=1S/C23H21BrN4O/c24-17-9-7-15(8-10-17)14-25-28-22-26-20-18-6-2-1-5-16(18)13-23(11-3-4-12-23)19(20)21(29)27-22/h1-2,5-10,14H,3-4,11-13H2,(H2,26,27,28,29)/b25-14-. The second-order valence-electron chi connectivity index (χ2n) is 7.88. The number of benzene rings is 2. The van der Waals surface area contributed by atoms with E-state index in [4.69, 9.17) is 4.98 Å². The summed E-state index contributed by atoms with van der Waals surface area (Å²) >= 11 is 3.42. The molecule has 0 bridgehead atoms. The van der Waals surface area contributed by atoms with Crippen molar-refractivity contribution in [3.8, 4) is 11.3 Å². The second-order valence-corrected chi connectivity index (χ2v) is 8.80. The fraction of sp³-hybridized carbons (Fsp3) is 0.261. The van der Waals surface area contributed by atoms with Crippen LogP contribution in [0.5, 0.6) is 0 Å². The van der Waals surface area contributed by atoms with Crippen LogP contribution in [0.2, 0.25) is 0 Å². The van der Waals surface area contributed by atoms with Gasteiger partial charge in [-0.05, 0) is 42.5 Å². The Labute approximate surface area is 177 Å². The van der Waals surface area contributed by atoms with Crippen LogP contribution in [-0.2, 0) is 11.8 Å². The molecule has 0 amide bonds. The summed E-state index contributed by atoms with van der Waals surface area (Å²) in [6.07, 6.45) is 7.06. The fourth-order valence-electron chi connectivity index (χ4n) is 4.77. The number of hydrogen-bond donors (Lipinski definition) is 2. The number of nitrogens with one attached hydrogen (secondary N) is 2. The van der Waals surface area contributed by atoms with Crippen LogP contribution in [0.25, 0.3) is 11.3 Å². The Morgan fingerprint density at radius 3 is 2.66 bits per heavy atom. The van der Waals surface area contributed by atoms with Gasteiger partial charge >= 0.3 is 0 Å². The van der Waals surface area contributed by atoms with Gasteiger partial charge in [-0.3, -0.25) is 9.78 Å². The van der Waals surface area contributed by atoms with E-state index < -0.39 is 0 Å². The Bertz CT molecular complexity index is 1140. The van der Waals surface area contributed by atoms with E-state index >= 15 is 0 Å². The van der Waals surface area contributed by atoms with Gasteiger partial charge in [-0.25, -0.2) is 10.4 Å². The van der Waals surface area contributed by atoms with Gasteiger partial charge < -0.3 is 0 Å². The lowest BCUT2D eigenvalue weighted by Crippen LogP contribution is -2.37. The molecule has 1 heterocycles. The molecule has 2 aromatic carbocycles. The van der Waals surface area contributed by atoms with Gasteiger partial charge in [0.05, 0.1) is 17.5 Å². The summed E-state index contributed by atoms with van der Waals surface area (Å²) < 4.78 is 1.02. The third-order valence-electron chi connectivity index (χ3n) is 6.07. The van der Waals surface area contributed by atoms with E-state index in [9.17, 15) is 4.79 Å². The monoisotopic (exact) mass is 448 g/mol. The van der Waals surface area contributed by atoms with Crippen LogP contribution in [0.3, 0.4) is 0 Å². The number of fused-ring (bicyclic) bond motifs is 4. The van der Waals surface area contributed by atoms with Crippen molar-refractivity contribution < 1.29 is 0 Å². The summed E-state index contributed by atoms with van der Waals surface area (Å²) in [5.74, 6) is 0.368. The van der Waals surface area contributed by atoms with Crippen molar-refractivity contribution in [3.05, 3.63) is 80.0 Å². The predicted molar refractivity (Wildman–Crippen MR) is 120 cm³/mol. The molecule has 2 N–H and O–H groups in total. The van der Waals surface area contributed by atoms with E-state index in [1.165, 1.54) is 18.4 Å². The second kappa shape index (κ2) is 7.26. The van der Waals surface area contributed by atoms with E-state index in [1.807, 2.05) is 30.3 Å². The molecule has 5 rings (SSSR count). The molecule has 1 saturated carbocycles. The first-order chi connectivity index (χ1) is 14.1. The van der Waals surface area contributed by atoms with E-state index in [0.717, 1.165) is 46.1 Å². The maximum atomic E-state index is 13.1. The van der Waals surface area contributed by atoms with E-state index in [1.54, 1.807) is 6.21 Å². The summed E-state index contributed by atoms with van der Waals surface area (Å²) in [5.41, 5.74) is 7.73. The molecule has 2 aliphatic rings. The highest BCUT2D eigenvalue weighted by Crippen LogP contribution is 2.49. The van der Waals surface area contributed by atoms with Crippen molar-refractivity contribution >= 4 is 28.1 Å². The lowest BCUT2D eigenvalue weighted by Gasteiger charge is -2.35. The molecule has 0 atom stereocenters. The third-order valence-corrected chi connectivity index (χ3v) is 6.59. The van der Waals surface area contributed by atoms with Gasteiger partial charge in [0.2, 0.25) is 5.95 Å². The molecule has 1 fully saturated rings. The van der Waals surface area contributed by atoms with E-state index in [0.29, 0.717) is 5.95 Å². The Balaban J connectivity index is 1.53. The maximum absolute atomic E-state index is 13.1. The number of aromatic nitrogens is 2. The zero-order valence-corrected chi connectivity index (χ0v) is 17.5. The van der Waals surface area contributed by atoms with Crippen molar-refractivity contribution in [3.63, 3.8) is 0 Å². The van der Waals surface area contributed by atoms with Crippen molar-refractivity contribution in [2.45, 2.75) is 37.5 Å². The van der Waals surface area contributed by atoms with Crippen LogP contribution in [0.1, 0.15) is 42.4 Å². The number of rotatable bonds is 3. The number of hydrogen-bond acceptors (Lipinski definition) is 4. The number of hydrazone groups is 1. The molecule has 0 radical (unpaired) electrons. The van der Waals surface area contributed by atoms with E-state index in [-0.39, 0.29) is 11.0 Å². The van der Waals surface area contributed by atoms with Gasteiger partial charge in [0.1, 0.15) is 0 Å². The minimum atomic E-state index is -0.0799. The van der Waals surface area contributed by atoms with Gasteiger partial charge in [0.15, 0.2) is 0 Å². The lowest BCUT2D eigenvalue weighted by molar-refractivity contribution is 0.427. The summed E-state index contributed by atoms with van der Waals surface area (Å²) in [4.78, 5) is 20.8. The summed E-state index contributed by atoms with van der Waals surface area (Å²) in [5, 5.41) is 4.25. The summed E-state index contributed by atoms with van der Waals surface area (Å²) in [6, 6.07) is 16.1. The van der Waals surface area contributed by atoms with Crippen molar-refractivity contribution in [1.82, 2.24) is 9.97 Å². The van der Waals surface area contributed by atoms with Crippen LogP contribution < -0.4 is 11.0 Å². The smallest absolute Gasteiger partial charge is 0.256 e. The highest BCUT2D eigenvalue weighted by molar-refractivity contribution is 9.10. The molecule has 6 heteroatoms. The van der Waals surface area contributed by atoms with Gasteiger partial charge in [-0.1, -0.05) is 65.2 Å². The Morgan fingerprint density at radius 1 is 1.10 bits per heavy atom. The molecule has 0 aliphatic heterocycles. The molecule has 5 nitrogen and oxygen atoms in total. The minimum Gasteiger partial charge on any atom is -0.291 e. The zero-order valence-electron chi connectivity index (χ0n) is 15.9. The van der Waals surface area contributed by atoms with Gasteiger partial charge in [-0.2, -0.15) is 5.10 Å². The summed E-state index contributed by atoms with van der Waals surface area (Å²) in [6.45, 7) is 0. The summed E-state index contributed by atoms with van der Waals surface area (Å²) in [7, 11) is 0. The number of nitrogens with zero attached hydrogens (tertiary/aromatic N) is 2. The molecular formula is C23H21BrN4O. The highest BCUT2D eigenvalue weighted by Gasteiger charge is 2.43. The van der Waals surface area contributed by atoms with Crippen molar-refractivity contribution in [2.75, 3.05) is 5.43 Å². The predicted octanol–water partition coefficient (Wildman–Crippen LogP) is 5.01. The topological polar surface area (TPSA) is 70.1 Å². The zero-order chi connectivity index (χ0) is 19.8. The first kappa shape index (κ1) is 18.3. The Hall–Kier alpha value is -2.73. The number of anilines is 1. The van der Waals surface area contributed by atoms with Crippen LogP contribution in [0.15, 0.2) is 62.9 Å². The Morgan fingerprint density at radius 2 is 1.86 bits per heavy atom. The number of aromatic amines is 1. The maximum Gasteiger partial charge on any atom is 0.256 e. The van der Waals surface area contributed by atoms with Crippen LogP contribution in [0, 0.1) is 0 Å². The first-order valence-electron chi connectivity index (χ1n) is 9.92. The van der Waals surface area contributed by atoms with Gasteiger partial charge in [0, 0.05) is 15.5 Å². The average Bonchev–Trinajstić information content (AvgIpc) is 3.18. The highest BCUT2D eigenvalue weighted by atomic mass is 79.9. The van der Waals surface area contributed by atoms with Crippen LogP contribution in [0.4, 0.5) is 5.95 Å². The molecule has 0 saturated heterocycles. The number of halogens is 1. The molecule has 2 aliphatic carbocycles. The molecule has 1 spiro atoms. The van der Waals surface area contributed by atoms with Crippen molar-refractivity contribution in [1.29, 1.82) is 0 Å². The lowest BCUT2D eigenvalue weighted by atomic mass is 9.68. The molecule has 1 aromatic heterocycles. The van der Waals surface area contributed by atoms with Crippen molar-refractivity contribution in [2.24, 2.45) is 5.10 Å². The molecule has 3 aromatic rings. The SMILES string of the molecule is O=c1[nH]c(N/N=C\c2ccc(Br)cc2)nc2c1C1(CCCC1)Cc1ccccc1-2. The largest absolute Gasteiger partial charge is 0.291 e. The normalized spacial score (nSPS) is 16.7. The van der Waals surface area contributed by atoms with Gasteiger partial charge in [0.25, 0.3) is 5.56 Å². The molecule has 29 heavy (non-hydrogen) atoms. The Kier molecular flexibility index (Phi) is 4.59. The average molecular weight is 449 g/mol. The number of H-pyrrole nitrogens is 1. The first-order valence-corrected chi connectivity index (χ1v) is 10.7. The van der Waals surface area contributed by atoms with Crippen LogP contribution in [-0.4, -0.2) is 16.2 Å². The molecule has 146 valence electrons. The minimum absolute atomic E-state index is 0.0484.